The zero-order chi connectivity index (χ0) is 28.3. The van der Waals surface area contributed by atoms with Gasteiger partial charge in [-0.25, -0.2) is 0 Å². The lowest BCUT2D eigenvalue weighted by atomic mass is 9.66. The van der Waals surface area contributed by atoms with E-state index in [9.17, 15) is 9.59 Å². The highest BCUT2D eigenvalue weighted by Crippen LogP contribution is 2.45. The number of hydrogen-bond donors (Lipinski definition) is 0. The molecule has 0 N–H and O–H groups in total. The highest BCUT2D eigenvalue weighted by atomic mass is 28.4. The van der Waals surface area contributed by atoms with E-state index in [4.69, 9.17) is 13.9 Å². The summed E-state index contributed by atoms with van der Waals surface area (Å²) in [6.45, 7) is 19.8. The van der Waals surface area contributed by atoms with Crippen LogP contribution in [0.15, 0.2) is 23.8 Å². The van der Waals surface area contributed by atoms with Gasteiger partial charge in [-0.3, -0.25) is 9.59 Å². The Labute approximate surface area is 233 Å². The first-order valence-corrected chi connectivity index (χ1v) is 18.1. The first-order chi connectivity index (χ1) is 17.8. The number of fused-ring (bicyclic) bond motifs is 1. The molecule has 3 rings (SSSR count). The fourth-order valence-electron chi connectivity index (χ4n) is 6.48. The van der Waals surface area contributed by atoms with Crippen molar-refractivity contribution in [3.63, 3.8) is 0 Å². The van der Waals surface area contributed by atoms with Gasteiger partial charge in [0.2, 0.25) is 0 Å². The van der Waals surface area contributed by atoms with Crippen LogP contribution in [-0.2, 0) is 23.5 Å². The number of cyclic esters (lactones) is 1. The minimum absolute atomic E-state index is 0.0240. The Kier molecular flexibility index (Phi) is 10.2. The monoisotopic (exact) mass is 546 g/mol. The molecule has 0 radical (unpaired) electrons. The van der Waals surface area contributed by atoms with Crippen LogP contribution in [0.25, 0.3) is 0 Å². The van der Waals surface area contributed by atoms with E-state index in [0.717, 1.165) is 51.4 Å². The number of esters is 2. The Bertz CT molecular complexity index is 886. The quantitative estimate of drug-likeness (QED) is 0.204. The second-order valence-electron chi connectivity index (χ2n) is 13.6. The number of allylic oxidation sites excluding steroid dienone is 3. The molecular formula is C32H54O5Si. The van der Waals surface area contributed by atoms with Gasteiger partial charge in [0.15, 0.2) is 8.32 Å². The van der Waals surface area contributed by atoms with Crippen LogP contribution >= 0.6 is 0 Å². The standard InChI is InChI=1S/C32H54O5Si/c1-10-32(11-2,12-3)30(34)36-27-15-13-14-23-17-16-22(4)26(29(23)27)19-18-24-20-25(21-28(33)35-24)37-38(8,9)31(5,6)7/h14,16-17,22,24-27,29H,10-13,15,18-21H2,1-9H3/t22-,24-,25-,26+,27+,29+/m1/s1. The summed E-state index contributed by atoms with van der Waals surface area (Å²) in [4.78, 5) is 26.0. The Hall–Kier alpha value is -1.40. The van der Waals surface area contributed by atoms with Crippen molar-refractivity contribution in [2.24, 2.45) is 23.2 Å². The van der Waals surface area contributed by atoms with Crippen molar-refractivity contribution < 1.29 is 23.5 Å². The summed E-state index contributed by atoms with van der Waals surface area (Å²) < 4.78 is 18.8. The lowest BCUT2D eigenvalue weighted by Crippen LogP contribution is -2.47. The van der Waals surface area contributed by atoms with Crippen LogP contribution in [-0.4, -0.2) is 38.6 Å². The number of hydrogen-bond acceptors (Lipinski definition) is 5. The van der Waals surface area contributed by atoms with Gasteiger partial charge < -0.3 is 13.9 Å². The Morgan fingerprint density at radius 2 is 1.76 bits per heavy atom. The molecule has 6 atom stereocenters. The summed E-state index contributed by atoms with van der Waals surface area (Å²) in [6, 6.07) is 0. The largest absolute Gasteiger partial charge is 0.462 e. The van der Waals surface area contributed by atoms with Crippen molar-refractivity contribution >= 4 is 20.3 Å². The maximum atomic E-state index is 13.4. The number of rotatable bonds is 10. The van der Waals surface area contributed by atoms with Crippen LogP contribution in [0.2, 0.25) is 18.1 Å². The molecule has 2 aliphatic carbocycles. The molecular weight excluding hydrogens is 492 g/mol. The van der Waals surface area contributed by atoms with Gasteiger partial charge in [0, 0.05) is 12.3 Å². The Morgan fingerprint density at radius 3 is 2.37 bits per heavy atom. The summed E-state index contributed by atoms with van der Waals surface area (Å²) in [5.74, 6) is 0.771. The summed E-state index contributed by atoms with van der Waals surface area (Å²) in [6.07, 6.45) is 13.8. The van der Waals surface area contributed by atoms with Crippen molar-refractivity contribution in [1.29, 1.82) is 0 Å². The summed E-state index contributed by atoms with van der Waals surface area (Å²) in [5, 5.41) is 0.106. The number of ether oxygens (including phenoxy) is 2. The van der Waals surface area contributed by atoms with E-state index in [1.165, 1.54) is 5.57 Å². The lowest BCUT2D eigenvalue weighted by molar-refractivity contribution is -0.167. The van der Waals surface area contributed by atoms with Crippen molar-refractivity contribution in [1.82, 2.24) is 0 Å². The molecule has 1 heterocycles. The molecule has 1 fully saturated rings. The van der Waals surface area contributed by atoms with E-state index >= 15 is 0 Å². The Balaban J connectivity index is 1.71. The molecule has 0 aromatic rings. The molecule has 1 aliphatic heterocycles. The molecule has 5 nitrogen and oxygen atoms in total. The predicted octanol–water partition coefficient (Wildman–Crippen LogP) is 8.15. The normalized spacial score (nSPS) is 30.3. The molecule has 0 unspecified atom stereocenters. The van der Waals surface area contributed by atoms with Crippen LogP contribution in [0.3, 0.4) is 0 Å². The molecule has 6 heteroatoms. The van der Waals surface area contributed by atoms with Crippen LogP contribution in [0, 0.1) is 23.2 Å². The number of carbonyl (C=O) groups is 2. The number of carbonyl (C=O) groups excluding carboxylic acids is 2. The van der Waals surface area contributed by atoms with Crippen LogP contribution < -0.4 is 0 Å². The van der Waals surface area contributed by atoms with E-state index in [2.05, 4.69) is 79.8 Å². The van der Waals surface area contributed by atoms with E-state index in [0.29, 0.717) is 18.3 Å². The fourth-order valence-corrected chi connectivity index (χ4v) is 7.85. The Morgan fingerprint density at radius 1 is 1.11 bits per heavy atom. The highest BCUT2D eigenvalue weighted by Gasteiger charge is 2.44. The van der Waals surface area contributed by atoms with Crippen molar-refractivity contribution in [2.45, 2.75) is 143 Å². The van der Waals surface area contributed by atoms with Gasteiger partial charge in [-0.2, -0.15) is 0 Å². The zero-order valence-electron chi connectivity index (χ0n) is 25.6. The average molecular weight is 547 g/mol. The lowest BCUT2D eigenvalue weighted by Gasteiger charge is -2.43. The molecule has 3 aliphatic rings. The molecule has 1 saturated heterocycles. The maximum absolute atomic E-state index is 13.4. The molecule has 0 aromatic heterocycles. The third-order valence-corrected chi connectivity index (χ3v) is 14.9. The molecule has 216 valence electrons. The van der Waals surface area contributed by atoms with E-state index in [1.54, 1.807) is 0 Å². The third-order valence-electron chi connectivity index (χ3n) is 10.4. The molecule has 0 spiro atoms. The minimum Gasteiger partial charge on any atom is -0.462 e. The van der Waals surface area contributed by atoms with Crippen LogP contribution in [0.1, 0.15) is 106 Å². The van der Waals surface area contributed by atoms with E-state index in [-0.39, 0.29) is 46.6 Å². The van der Waals surface area contributed by atoms with E-state index < -0.39 is 8.32 Å². The zero-order valence-corrected chi connectivity index (χ0v) is 26.6. The van der Waals surface area contributed by atoms with Gasteiger partial charge in [0.05, 0.1) is 17.9 Å². The fraction of sp³-hybridized carbons (Fsp3) is 0.812. The maximum Gasteiger partial charge on any atom is 0.312 e. The van der Waals surface area contributed by atoms with Crippen LogP contribution in [0.4, 0.5) is 0 Å². The second-order valence-corrected chi connectivity index (χ2v) is 18.4. The van der Waals surface area contributed by atoms with Crippen molar-refractivity contribution in [2.75, 3.05) is 0 Å². The molecule has 0 aromatic carbocycles. The van der Waals surface area contributed by atoms with Crippen molar-refractivity contribution in [3.8, 4) is 0 Å². The molecule has 0 saturated carbocycles. The van der Waals surface area contributed by atoms with Crippen LogP contribution in [0.5, 0.6) is 0 Å². The second kappa shape index (κ2) is 12.4. The first-order valence-electron chi connectivity index (χ1n) is 15.2. The summed E-state index contributed by atoms with van der Waals surface area (Å²) in [5.41, 5.74) is 0.926. The van der Waals surface area contributed by atoms with Gasteiger partial charge >= 0.3 is 11.9 Å². The summed E-state index contributed by atoms with van der Waals surface area (Å²) >= 11 is 0. The van der Waals surface area contributed by atoms with E-state index in [1.807, 2.05) is 0 Å². The predicted molar refractivity (Wildman–Crippen MR) is 156 cm³/mol. The van der Waals surface area contributed by atoms with Crippen molar-refractivity contribution in [3.05, 3.63) is 23.8 Å². The average Bonchev–Trinajstić information content (AvgIpc) is 2.84. The van der Waals surface area contributed by atoms with Gasteiger partial charge in [0.1, 0.15) is 12.2 Å². The molecule has 0 bridgehead atoms. The minimum atomic E-state index is -1.96. The summed E-state index contributed by atoms with van der Waals surface area (Å²) in [7, 11) is -1.96. The topological polar surface area (TPSA) is 61.8 Å². The van der Waals surface area contributed by atoms with Gasteiger partial charge in [-0.1, -0.05) is 66.7 Å². The van der Waals surface area contributed by atoms with Gasteiger partial charge in [0.25, 0.3) is 0 Å². The SMILES string of the molecule is CCC(CC)(CC)C(=O)O[C@H]1CCC=C2C=C[C@@H](C)[C@H](CC[C@@H]3C[C@@H](O[Si](C)(C)C(C)(C)C)CC(=O)O3)[C@H]21. The molecule has 0 amide bonds. The van der Waals surface area contributed by atoms with Gasteiger partial charge in [-0.05, 0) is 80.5 Å². The first kappa shape index (κ1) is 31.1. The smallest absolute Gasteiger partial charge is 0.312 e. The molecule has 38 heavy (non-hydrogen) atoms. The third kappa shape index (κ3) is 6.83. The highest BCUT2D eigenvalue weighted by molar-refractivity contribution is 6.74. The van der Waals surface area contributed by atoms with Gasteiger partial charge in [-0.15, -0.1) is 0 Å².